The summed E-state index contributed by atoms with van der Waals surface area (Å²) in [6, 6.07) is 10.7. The van der Waals surface area contributed by atoms with Crippen molar-refractivity contribution < 1.29 is 5.11 Å². The summed E-state index contributed by atoms with van der Waals surface area (Å²) in [6.45, 7) is 5.28. The lowest BCUT2D eigenvalue weighted by molar-refractivity contribution is 0.0126. The Morgan fingerprint density at radius 3 is 2.35 bits per heavy atom. The monoisotopic (exact) mass is 275 g/mol. The molecule has 1 aliphatic rings. The van der Waals surface area contributed by atoms with Crippen LogP contribution in [0.5, 0.6) is 0 Å². The van der Waals surface area contributed by atoms with E-state index >= 15 is 0 Å². The molecule has 1 aromatic rings. The quantitative estimate of drug-likeness (QED) is 0.877. The average molecular weight is 275 g/mol. The third-order valence-corrected chi connectivity index (χ3v) is 4.71. The van der Waals surface area contributed by atoms with Crippen LogP contribution in [-0.2, 0) is 0 Å². The standard InChI is InChI=1S/C18H29NO/c1-18(2,17(20)15-10-6-4-7-11-15)14-19(3)16-12-8-5-9-13-16/h4,6-7,10-11,16-17,20H,5,8-9,12-14H2,1-3H3. The van der Waals surface area contributed by atoms with Crippen LogP contribution in [0.2, 0.25) is 0 Å². The van der Waals surface area contributed by atoms with E-state index in [-0.39, 0.29) is 5.41 Å². The van der Waals surface area contributed by atoms with Crippen LogP contribution in [0.25, 0.3) is 0 Å². The van der Waals surface area contributed by atoms with Crippen LogP contribution in [0.15, 0.2) is 30.3 Å². The summed E-state index contributed by atoms with van der Waals surface area (Å²) in [5.41, 5.74) is 0.891. The summed E-state index contributed by atoms with van der Waals surface area (Å²) in [6.07, 6.45) is 6.32. The van der Waals surface area contributed by atoms with Crippen LogP contribution >= 0.6 is 0 Å². The van der Waals surface area contributed by atoms with Gasteiger partial charge >= 0.3 is 0 Å². The summed E-state index contributed by atoms with van der Waals surface area (Å²) in [5, 5.41) is 10.7. The summed E-state index contributed by atoms with van der Waals surface area (Å²) in [7, 11) is 2.22. The number of rotatable bonds is 5. The molecule has 2 nitrogen and oxygen atoms in total. The average Bonchev–Trinajstić information content (AvgIpc) is 2.48. The zero-order valence-electron chi connectivity index (χ0n) is 13.2. The lowest BCUT2D eigenvalue weighted by Gasteiger charge is -2.39. The molecule has 20 heavy (non-hydrogen) atoms. The molecule has 2 heteroatoms. The lowest BCUT2D eigenvalue weighted by Crippen LogP contribution is -2.42. The van der Waals surface area contributed by atoms with Gasteiger partial charge in [0, 0.05) is 18.0 Å². The fraction of sp³-hybridized carbons (Fsp3) is 0.667. The summed E-state index contributed by atoms with van der Waals surface area (Å²) < 4.78 is 0. The molecule has 0 aromatic heterocycles. The molecular weight excluding hydrogens is 246 g/mol. The summed E-state index contributed by atoms with van der Waals surface area (Å²) >= 11 is 0. The van der Waals surface area contributed by atoms with Gasteiger partial charge in [-0.05, 0) is 25.5 Å². The minimum absolute atomic E-state index is 0.131. The largest absolute Gasteiger partial charge is 0.388 e. The van der Waals surface area contributed by atoms with E-state index in [0.29, 0.717) is 6.04 Å². The highest BCUT2D eigenvalue weighted by Crippen LogP contribution is 2.35. The Hall–Kier alpha value is -0.860. The number of hydrogen-bond donors (Lipinski definition) is 1. The Labute approximate surface area is 123 Å². The van der Waals surface area contributed by atoms with Gasteiger partial charge in [0.05, 0.1) is 6.10 Å². The number of aliphatic hydroxyl groups is 1. The number of nitrogens with zero attached hydrogens (tertiary/aromatic N) is 1. The second kappa shape index (κ2) is 6.73. The number of aliphatic hydroxyl groups excluding tert-OH is 1. The van der Waals surface area contributed by atoms with Gasteiger partial charge in [0.25, 0.3) is 0 Å². The molecule has 0 saturated heterocycles. The SMILES string of the molecule is CN(CC(C)(C)C(O)c1ccccc1)C1CCCCC1. The number of benzene rings is 1. The molecule has 2 rings (SSSR count). The van der Waals surface area contributed by atoms with Gasteiger partial charge in [-0.2, -0.15) is 0 Å². The van der Waals surface area contributed by atoms with Crippen LogP contribution < -0.4 is 0 Å². The highest BCUT2D eigenvalue weighted by atomic mass is 16.3. The molecule has 0 bridgehead atoms. The van der Waals surface area contributed by atoms with Crippen molar-refractivity contribution in [2.45, 2.75) is 58.1 Å². The molecule has 1 saturated carbocycles. The first-order valence-electron chi connectivity index (χ1n) is 7.94. The van der Waals surface area contributed by atoms with Crippen LogP contribution in [-0.4, -0.2) is 29.6 Å². The van der Waals surface area contributed by atoms with Crippen molar-refractivity contribution in [3.63, 3.8) is 0 Å². The van der Waals surface area contributed by atoms with E-state index in [2.05, 4.69) is 25.8 Å². The van der Waals surface area contributed by atoms with Crippen molar-refractivity contribution in [2.75, 3.05) is 13.6 Å². The van der Waals surface area contributed by atoms with E-state index in [1.807, 2.05) is 30.3 Å². The molecule has 1 N–H and O–H groups in total. The fourth-order valence-electron chi connectivity index (χ4n) is 3.47. The van der Waals surface area contributed by atoms with E-state index in [4.69, 9.17) is 0 Å². The Bertz CT molecular complexity index is 395. The maximum atomic E-state index is 10.7. The smallest absolute Gasteiger partial charge is 0.0853 e. The van der Waals surface area contributed by atoms with Gasteiger partial charge in [-0.25, -0.2) is 0 Å². The van der Waals surface area contributed by atoms with Crippen LogP contribution in [0.3, 0.4) is 0 Å². The molecule has 1 fully saturated rings. The van der Waals surface area contributed by atoms with Gasteiger partial charge in [-0.1, -0.05) is 63.4 Å². The van der Waals surface area contributed by atoms with Crippen LogP contribution in [0.1, 0.15) is 57.6 Å². The zero-order valence-corrected chi connectivity index (χ0v) is 13.2. The minimum atomic E-state index is -0.408. The summed E-state index contributed by atoms with van der Waals surface area (Å²) in [5.74, 6) is 0. The van der Waals surface area contributed by atoms with Crippen molar-refractivity contribution in [2.24, 2.45) is 5.41 Å². The van der Waals surface area contributed by atoms with Gasteiger partial charge in [0.1, 0.15) is 0 Å². The Morgan fingerprint density at radius 1 is 1.15 bits per heavy atom. The van der Waals surface area contributed by atoms with Crippen LogP contribution in [0.4, 0.5) is 0 Å². The van der Waals surface area contributed by atoms with E-state index in [9.17, 15) is 5.11 Å². The van der Waals surface area contributed by atoms with E-state index in [0.717, 1.165) is 12.1 Å². The van der Waals surface area contributed by atoms with Gasteiger partial charge in [-0.3, -0.25) is 0 Å². The highest BCUT2D eigenvalue weighted by Gasteiger charge is 2.32. The van der Waals surface area contributed by atoms with Crippen molar-refractivity contribution in [3.05, 3.63) is 35.9 Å². The molecule has 0 amide bonds. The van der Waals surface area contributed by atoms with E-state index in [1.54, 1.807) is 0 Å². The predicted octanol–water partition coefficient (Wildman–Crippen LogP) is 4.01. The number of hydrogen-bond acceptors (Lipinski definition) is 2. The molecule has 1 aromatic carbocycles. The maximum Gasteiger partial charge on any atom is 0.0853 e. The van der Waals surface area contributed by atoms with E-state index < -0.39 is 6.10 Å². The highest BCUT2D eigenvalue weighted by molar-refractivity contribution is 5.19. The second-order valence-corrected chi connectivity index (χ2v) is 7.01. The van der Waals surface area contributed by atoms with Gasteiger partial charge in [0.2, 0.25) is 0 Å². The minimum Gasteiger partial charge on any atom is -0.388 e. The Kier molecular flexibility index (Phi) is 5.22. The van der Waals surface area contributed by atoms with Crippen molar-refractivity contribution >= 4 is 0 Å². The molecule has 112 valence electrons. The van der Waals surface area contributed by atoms with E-state index in [1.165, 1.54) is 32.1 Å². The molecule has 0 aliphatic heterocycles. The topological polar surface area (TPSA) is 23.5 Å². The Morgan fingerprint density at radius 2 is 1.75 bits per heavy atom. The molecule has 1 atom stereocenters. The summed E-state index contributed by atoms with van der Waals surface area (Å²) in [4.78, 5) is 2.46. The first-order chi connectivity index (χ1) is 9.50. The van der Waals surface area contributed by atoms with Crippen LogP contribution in [0, 0.1) is 5.41 Å². The van der Waals surface area contributed by atoms with Gasteiger partial charge in [0.15, 0.2) is 0 Å². The maximum absolute atomic E-state index is 10.7. The molecule has 1 aliphatic carbocycles. The molecule has 1 unspecified atom stereocenters. The zero-order chi connectivity index (χ0) is 14.6. The molecule has 0 heterocycles. The third-order valence-electron chi connectivity index (χ3n) is 4.71. The van der Waals surface area contributed by atoms with Gasteiger partial charge in [-0.15, -0.1) is 0 Å². The first-order valence-corrected chi connectivity index (χ1v) is 7.94. The Balaban J connectivity index is 1.98. The third kappa shape index (κ3) is 3.83. The van der Waals surface area contributed by atoms with Crippen molar-refractivity contribution in [1.29, 1.82) is 0 Å². The van der Waals surface area contributed by atoms with Crippen molar-refractivity contribution in [1.82, 2.24) is 4.90 Å². The first kappa shape index (κ1) is 15.5. The fourth-order valence-corrected chi connectivity index (χ4v) is 3.47. The molecule has 0 spiro atoms. The van der Waals surface area contributed by atoms with Gasteiger partial charge < -0.3 is 10.0 Å². The van der Waals surface area contributed by atoms with Crippen molar-refractivity contribution in [3.8, 4) is 0 Å². The normalized spacial score (nSPS) is 19.2. The predicted molar refractivity (Wildman–Crippen MR) is 84.7 cm³/mol. The molecule has 0 radical (unpaired) electrons. The lowest BCUT2D eigenvalue weighted by atomic mass is 9.81. The second-order valence-electron chi connectivity index (χ2n) is 7.01. The molecular formula is C18H29NO.